The maximum absolute atomic E-state index is 13.3. The standard InChI is InChI=1S/C22H19N3O4S2/c1-3-29-22(28)19-16-12-31-20(23-17(26)11-15-5-4-10-30-15)18(16)21(27)25(24-19)14-8-6-13(2)7-9-14/h4-10,12H,3,11H2,1-2H3,(H,23,26). The van der Waals surface area contributed by atoms with Crippen LogP contribution in [0.25, 0.3) is 16.5 Å². The van der Waals surface area contributed by atoms with E-state index < -0.39 is 11.5 Å². The molecule has 3 heterocycles. The predicted octanol–water partition coefficient (Wildman–Crippen LogP) is 4.18. The molecule has 9 heteroatoms. The summed E-state index contributed by atoms with van der Waals surface area (Å²) in [6, 6.07) is 11.0. The van der Waals surface area contributed by atoms with E-state index in [9.17, 15) is 14.4 Å². The highest BCUT2D eigenvalue weighted by Crippen LogP contribution is 2.31. The van der Waals surface area contributed by atoms with Crippen LogP contribution in [0.4, 0.5) is 5.00 Å². The lowest BCUT2D eigenvalue weighted by atomic mass is 10.2. The van der Waals surface area contributed by atoms with Gasteiger partial charge in [-0.05, 0) is 37.4 Å². The Labute approximate surface area is 185 Å². The highest BCUT2D eigenvalue weighted by molar-refractivity contribution is 7.16. The van der Waals surface area contributed by atoms with Crippen LogP contribution in [-0.4, -0.2) is 28.3 Å². The van der Waals surface area contributed by atoms with E-state index in [1.807, 2.05) is 36.6 Å². The molecule has 4 aromatic rings. The van der Waals surface area contributed by atoms with Crippen LogP contribution in [0.3, 0.4) is 0 Å². The summed E-state index contributed by atoms with van der Waals surface area (Å²) in [5.74, 6) is -0.857. The van der Waals surface area contributed by atoms with Crippen molar-refractivity contribution in [3.8, 4) is 5.69 Å². The fraction of sp³-hybridized carbons (Fsp3) is 0.182. The van der Waals surface area contributed by atoms with Gasteiger partial charge < -0.3 is 10.1 Å². The third-order valence-electron chi connectivity index (χ3n) is 4.57. The number of benzene rings is 1. The zero-order valence-corrected chi connectivity index (χ0v) is 18.5. The Morgan fingerprint density at radius 3 is 2.61 bits per heavy atom. The summed E-state index contributed by atoms with van der Waals surface area (Å²) in [7, 11) is 0. The minimum Gasteiger partial charge on any atom is -0.461 e. The molecule has 0 aliphatic rings. The lowest BCUT2D eigenvalue weighted by molar-refractivity contribution is -0.115. The zero-order chi connectivity index (χ0) is 22.0. The highest BCUT2D eigenvalue weighted by atomic mass is 32.1. The summed E-state index contributed by atoms with van der Waals surface area (Å²) in [4.78, 5) is 39.4. The van der Waals surface area contributed by atoms with Gasteiger partial charge in [0.2, 0.25) is 5.91 Å². The number of fused-ring (bicyclic) bond motifs is 1. The molecule has 0 aliphatic heterocycles. The number of rotatable bonds is 6. The van der Waals surface area contributed by atoms with Gasteiger partial charge in [-0.15, -0.1) is 22.7 Å². The molecule has 1 amide bonds. The quantitative estimate of drug-likeness (QED) is 0.443. The fourth-order valence-corrected chi connectivity index (χ4v) is 4.75. The van der Waals surface area contributed by atoms with Gasteiger partial charge in [-0.2, -0.15) is 9.78 Å². The van der Waals surface area contributed by atoms with E-state index in [0.717, 1.165) is 10.4 Å². The van der Waals surface area contributed by atoms with Gasteiger partial charge in [0.05, 0.1) is 24.1 Å². The minimum atomic E-state index is -0.623. The number of carbonyl (C=O) groups excluding carboxylic acids is 2. The number of thiophene rings is 2. The molecule has 0 aliphatic carbocycles. The summed E-state index contributed by atoms with van der Waals surface area (Å²) >= 11 is 2.67. The van der Waals surface area contributed by atoms with Crippen molar-refractivity contribution in [1.82, 2.24) is 9.78 Å². The molecule has 1 aromatic carbocycles. The van der Waals surface area contributed by atoms with Gasteiger partial charge in [0.25, 0.3) is 5.56 Å². The number of hydrogen-bond acceptors (Lipinski definition) is 7. The number of hydrogen-bond donors (Lipinski definition) is 1. The van der Waals surface area contributed by atoms with Crippen LogP contribution in [0.1, 0.15) is 27.9 Å². The second-order valence-corrected chi connectivity index (χ2v) is 8.69. The second kappa shape index (κ2) is 8.83. The molecular formula is C22H19N3O4S2. The molecule has 158 valence electrons. The fourth-order valence-electron chi connectivity index (χ4n) is 3.10. The number of anilines is 1. The van der Waals surface area contributed by atoms with Crippen LogP contribution in [0.15, 0.2) is 52.0 Å². The zero-order valence-electron chi connectivity index (χ0n) is 16.9. The van der Waals surface area contributed by atoms with Gasteiger partial charge in [-0.3, -0.25) is 9.59 Å². The summed E-state index contributed by atoms with van der Waals surface area (Å²) in [5.41, 5.74) is 1.16. The maximum atomic E-state index is 13.3. The molecule has 31 heavy (non-hydrogen) atoms. The molecule has 0 bridgehead atoms. The number of aromatic nitrogens is 2. The molecule has 0 fully saturated rings. The van der Waals surface area contributed by atoms with E-state index in [2.05, 4.69) is 10.4 Å². The van der Waals surface area contributed by atoms with E-state index in [-0.39, 0.29) is 30.0 Å². The lowest BCUT2D eigenvalue weighted by Crippen LogP contribution is -2.25. The SMILES string of the molecule is CCOC(=O)c1nn(-c2ccc(C)cc2)c(=O)c2c(NC(=O)Cc3cccs3)scc12. The molecule has 0 unspecified atom stereocenters. The van der Waals surface area contributed by atoms with Crippen LogP contribution >= 0.6 is 22.7 Å². The Hall–Kier alpha value is -3.30. The Morgan fingerprint density at radius 2 is 1.94 bits per heavy atom. The third-order valence-corrected chi connectivity index (χ3v) is 6.34. The van der Waals surface area contributed by atoms with Gasteiger partial charge in [-0.1, -0.05) is 23.8 Å². The van der Waals surface area contributed by atoms with Gasteiger partial charge in [-0.25, -0.2) is 4.79 Å². The van der Waals surface area contributed by atoms with Gasteiger partial charge in [0.15, 0.2) is 5.69 Å². The summed E-state index contributed by atoms with van der Waals surface area (Å²) < 4.78 is 6.32. The van der Waals surface area contributed by atoms with Crippen molar-refractivity contribution in [3.05, 3.63) is 73.6 Å². The van der Waals surface area contributed by atoms with Crippen LogP contribution < -0.4 is 10.9 Å². The van der Waals surface area contributed by atoms with Crippen LogP contribution in [0.5, 0.6) is 0 Å². The van der Waals surface area contributed by atoms with Crippen molar-refractivity contribution >= 4 is 50.3 Å². The van der Waals surface area contributed by atoms with Crippen molar-refractivity contribution in [3.63, 3.8) is 0 Å². The van der Waals surface area contributed by atoms with Crippen LogP contribution in [-0.2, 0) is 16.0 Å². The molecule has 7 nitrogen and oxygen atoms in total. The number of nitrogens with one attached hydrogen (secondary N) is 1. The molecule has 0 saturated carbocycles. The Balaban J connectivity index is 1.83. The molecule has 3 aromatic heterocycles. The number of ether oxygens (including phenoxy) is 1. The minimum absolute atomic E-state index is 0.0343. The van der Waals surface area contributed by atoms with Gasteiger partial charge in [0, 0.05) is 15.6 Å². The van der Waals surface area contributed by atoms with E-state index >= 15 is 0 Å². The van der Waals surface area contributed by atoms with Crippen molar-refractivity contribution < 1.29 is 14.3 Å². The smallest absolute Gasteiger partial charge is 0.359 e. The number of esters is 1. The van der Waals surface area contributed by atoms with Crippen molar-refractivity contribution in [2.45, 2.75) is 20.3 Å². The average Bonchev–Trinajstić information content (AvgIpc) is 3.40. The Kier molecular flexibility index (Phi) is 5.97. The summed E-state index contributed by atoms with van der Waals surface area (Å²) in [5, 5.41) is 11.7. The first-order chi connectivity index (χ1) is 15.0. The number of aryl methyl sites for hydroxylation is 1. The monoisotopic (exact) mass is 453 g/mol. The van der Waals surface area contributed by atoms with E-state index in [4.69, 9.17) is 4.74 Å². The number of carbonyl (C=O) groups is 2. The number of nitrogens with zero attached hydrogens (tertiary/aromatic N) is 2. The normalized spacial score (nSPS) is 10.9. The highest BCUT2D eigenvalue weighted by Gasteiger charge is 2.23. The topological polar surface area (TPSA) is 90.3 Å². The molecular weight excluding hydrogens is 434 g/mol. The summed E-state index contributed by atoms with van der Waals surface area (Å²) in [6.07, 6.45) is 0.207. The Bertz CT molecular complexity index is 1310. The van der Waals surface area contributed by atoms with Gasteiger partial charge >= 0.3 is 5.97 Å². The maximum Gasteiger partial charge on any atom is 0.359 e. The van der Waals surface area contributed by atoms with E-state index in [0.29, 0.717) is 16.1 Å². The Morgan fingerprint density at radius 1 is 1.16 bits per heavy atom. The molecule has 0 radical (unpaired) electrons. The lowest BCUT2D eigenvalue weighted by Gasteiger charge is -2.10. The van der Waals surface area contributed by atoms with E-state index in [1.165, 1.54) is 27.4 Å². The predicted molar refractivity (Wildman–Crippen MR) is 123 cm³/mol. The average molecular weight is 454 g/mol. The molecule has 4 rings (SSSR count). The van der Waals surface area contributed by atoms with Crippen LogP contribution in [0, 0.1) is 6.92 Å². The molecule has 0 spiro atoms. The van der Waals surface area contributed by atoms with Gasteiger partial charge in [0.1, 0.15) is 5.00 Å². The first-order valence-electron chi connectivity index (χ1n) is 9.59. The first-order valence-corrected chi connectivity index (χ1v) is 11.3. The molecule has 1 N–H and O–H groups in total. The van der Waals surface area contributed by atoms with Crippen molar-refractivity contribution in [2.75, 3.05) is 11.9 Å². The van der Waals surface area contributed by atoms with E-state index in [1.54, 1.807) is 24.4 Å². The van der Waals surface area contributed by atoms with Crippen molar-refractivity contribution in [2.24, 2.45) is 0 Å². The second-order valence-electron chi connectivity index (χ2n) is 6.78. The first kappa shape index (κ1) is 21.0. The largest absolute Gasteiger partial charge is 0.461 e. The van der Waals surface area contributed by atoms with Crippen molar-refractivity contribution in [1.29, 1.82) is 0 Å². The van der Waals surface area contributed by atoms with Crippen LogP contribution in [0.2, 0.25) is 0 Å². The molecule has 0 atom stereocenters. The number of amides is 1. The molecule has 0 saturated heterocycles. The summed E-state index contributed by atoms with van der Waals surface area (Å²) in [6.45, 7) is 3.82. The third kappa shape index (κ3) is 4.28.